The zero-order chi connectivity index (χ0) is 14.1. The monoisotopic (exact) mass is 340 g/mol. The number of aryl methyl sites for hydroxylation is 1. The minimum absolute atomic E-state index is 0.0274. The van der Waals surface area contributed by atoms with Crippen molar-refractivity contribution in [2.45, 2.75) is 31.8 Å². The lowest BCUT2D eigenvalue weighted by Gasteiger charge is -2.35. The Balaban J connectivity index is 1.81. The minimum atomic E-state index is -0.314. The molecule has 0 aromatic carbocycles. The van der Waals surface area contributed by atoms with Crippen molar-refractivity contribution in [1.29, 1.82) is 0 Å². The van der Waals surface area contributed by atoms with E-state index in [1.807, 2.05) is 17.9 Å². The van der Waals surface area contributed by atoms with Crippen molar-refractivity contribution in [2.75, 3.05) is 24.7 Å². The SMILES string of the molecule is Cc1nc(Br)cc(N2CCOCC2C(=O)NC2CC2)n1. The molecule has 1 aliphatic heterocycles. The molecular weight excluding hydrogens is 324 g/mol. The lowest BCUT2D eigenvalue weighted by molar-refractivity contribution is -0.124. The fourth-order valence-electron chi connectivity index (χ4n) is 2.28. The average Bonchev–Trinajstić information content (AvgIpc) is 3.21. The van der Waals surface area contributed by atoms with Gasteiger partial charge in [-0.3, -0.25) is 4.79 Å². The summed E-state index contributed by atoms with van der Waals surface area (Å²) in [5.74, 6) is 1.48. The fourth-order valence-corrected chi connectivity index (χ4v) is 2.75. The van der Waals surface area contributed by atoms with Gasteiger partial charge in [-0.25, -0.2) is 9.97 Å². The second kappa shape index (κ2) is 5.65. The van der Waals surface area contributed by atoms with E-state index in [0.717, 1.165) is 23.3 Å². The molecule has 1 saturated heterocycles. The Morgan fingerprint density at radius 2 is 2.30 bits per heavy atom. The van der Waals surface area contributed by atoms with E-state index in [9.17, 15) is 4.79 Å². The largest absolute Gasteiger partial charge is 0.377 e. The van der Waals surface area contributed by atoms with E-state index in [1.165, 1.54) is 0 Å². The van der Waals surface area contributed by atoms with E-state index in [1.54, 1.807) is 0 Å². The van der Waals surface area contributed by atoms with Crippen LogP contribution < -0.4 is 10.2 Å². The topological polar surface area (TPSA) is 67.4 Å². The van der Waals surface area contributed by atoms with E-state index in [-0.39, 0.29) is 11.9 Å². The molecular formula is C13H17BrN4O2. The Labute approximate surface area is 126 Å². The van der Waals surface area contributed by atoms with Crippen LogP contribution in [0.4, 0.5) is 5.82 Å². The fraction of sp³-hybridized carbons (Fsp3) is 0.615. The molecule has 1 unspecified atom stereocenters. The summed E-state index contributed by atoms with van der Waals surface area (Å²) in [6.45, 7) is 3.51. The molecule has 0 bridgehead atoms. The minimum Gasteiger partial charge on any atom is -0.377 e. The lowest BCUT2D eigenvalue weighted by atomic mass is 10.2. The summed E-state index contributed by atoms with van der Waals surface area (Å²) in [4.78, 5) is 23.0. The molecule has 1 saturated carbocycles. The van der Waals surface area contributed by atoms with Gasteiger partial charge < -0.3 is 15.0 Å². The maximum absolute atomic E-state index is 12.3. The average molecular weight is 341 g/mol. The summed E-state index contributed by atoms with van der Waals surface area (Å²) < 4.78 is 6.19. The number of halogens is 1. The van der Waals surface area contributed by atoms with Crippen LogP contribution in [0.15, 0.2) is 10.7 Å². The molecule has 2 heterocycles. The number of nitrogens with zero attached hydrogens (tertiary/aromatic N) is 3. The van der Waals surface area contributed by atoms with Gasteiger partial charge in [0.15, 0.2) is 0 Å². The Morgan fingerprint density at radius 3 is 3.00 bits per heavy atom. The summed E-state index contributed by atoms with van der Waals surface area (Å²) in [6, 6.07) is 1.88. The van der Waals surface area contributed by atoms with Crippen LogP contribution in [0.1, 0.15) is 18.7 Å². The molecule has 0 spiro atoms. The van der Waals surface area contributed by atoms with Gasteiger partial charge in [0.25, 0.3) is 0 Å². The van der Waals surface area contributed by atoms with Crippen molar-refractivity contribution in [3.8, 4) is 0 Å². The molecule has 3 rings (SSSR count). The third-order valence-corrected chi connectivity index (χ3v) is 3.85. The molecule has 1 atom stereocenters. The van der Waals surface area contributed by atoms with E-state index in [4.69, 9.17) is 4.74 Å². The predicted octanol–water partition coefficient (Wildman–Crippen LogP) is 1.03. The highest BCUT2D eigenvalue weighted by Gasteiger charge is 2.34. The van der Waals surface area contributed by atoms with Crippen LogP contribution in [0.25, 0.3) is 0 Å². The Hall–Kier alpha value is -1.21. The predicted molar refractivity (Wildman–Crippen MR) is 77.6 cm³/mol. The number of morpholine rings is 1. The van der Waals surface area contributed by atoms with Gasteiger partial charge in [0.2, 0.25) is 5.91 Å². The van der Waals surface area contributed by atoms with Crippen LogP contribution in [-0.2, 0) is 9.53 Å². The third-order valence-electron chi connectivity index (χ3n) is 3.44. The molecule has 2 aliphatic rings. The highest BCUT2D eigenvalue weighted by molar-refractivity contribution is 9.10. The van der Waals surface area contributed by atoms with Gasteiger partial charge in [-0.2, -0.15) is 0 Å². The molecule has 1 aromatic rings. The van der Waals surface area contributed by atoms with Crippen LogP contribution in [0.3, 0.4) is 0 Å². The molecule has 1 aromatic heterocycles. The quantitative estimate of drug-likeness (QED) is 0.832. The van der Waals surface area contributed by atoms with Crippen molar-refractivity contribution in [3.05, 3.63) is 16.5 Å². The van der Waals surface area contributed by atoms with Crippen molar-refractivity contribution in [2.24, 2.45) is 0 Å². The molecule has 2 fully saturated rings. The first-order valence-electron chi connectivity index (χ1n) is 6.79. The van der Waals surface area contributed by atoms with E-state index in [0.29, 0.717) is 31.6 Å². The number of nitrogens with one attached hydrogen (secondary N) is 1. The van der Waals surface area contributed by atoms with Gasteiger partial charge in [-0.1, -0.05) is 0 Å². The van der Waals surface area contributed by atoms with Crippen molar-refractivity contribution in [1.82, 2.24) is 15.3 Å². The zero-order valence-electron chi connectivity index (χ0n) is 11.3. The second-order valence-electron chi connectivity index (χ2n) is 5.16. The highest BCUT2D eigenvalue weighted by atomic mass is 79.9. The first-order valence-corrected chi connectivity index (χ1v) is 7.59. The summed E-state index contributed by atoms with van der Waals surface area (Å²) >= 11 is 3.38. The van der Waals surface area contributed by atoms with Crippen LogP contribution in [0, 0.1) is 6.92 Å². The van der Waals surface area contributed by atoms with Crippen LogP contribution in [-0.4, -0.2) is 47.7 Å². The maximum Gasteiger partial charge on any atom is 0.245 e. The van der Waals surface area contributed by atoms with Gasteiger partial charge in [-0.15, -0.1) is 0 Å². The molecule has 1 amide bonds. The molecule has 7 heteroatoms. The standard InChI is InChI=1S/C13H17BrN4O2/c1-8-15-11(14)6-12(16-8)18-4-5-20-7-10(18)13(19)17-9-2-3-9/h6,9-10H,2-5,7H2,1H3,(H,17,19). The van der Waals surface area contributed by atoms with Gasteiger partial charge in [-0.05, 0) is 35.7 Å². The first-order chi connectivity index (χ1) is 9.63. The van der Waals surface area contributed by atoms with Crippen molar-refractivity contribution < 1.29 is 9.53 Å². The maximum atomic E-state index is 12.3. The number of ether oxygens (including phenoxy) is 1. The number of anilines is 1. The van der Waals surface area contributed by atoms with Gasteiger partial charge in [0, 0.05) is 18.7 Å². The van der Waals surface area contributed by atoms with Gasteiger partial charge in [0.05, 0.1) is 13.2 Å². The van der Waals surface area contributed by atoms with Crippen molar-refractivity contribution in [3.63, 3.8) is 0 Å². The van der Waals surface area contributed by atoms with E-state index >= 15 is 0 Å². The first kappa shape index (κ1) is 13.8. The highest BCUT2D eigenvalue weighted by Crippen LogP contribution is 2.23. The smallest absolute Gasteiger partial charge is 0.245 e. The number of hydrogen-bond donors (Lipinski definition) is 1. The molecule has 1 aliphatic carbocycles. The number of rotatable bonds is 3. The van der Waals surface area contributed by atoms with Crippen LogP contribution >= 0.6 is 15.9 Å². The van der Waals surface area contributed by atoms with Crippen LogP contribution in [0.5, 0.6) is 0 Å². The number of carbonyl (C=O) groups excluding carboxylic acids is 1. The summed E-state index contributed by atoms with van der Waals surface area (Å²) in [7, 11) is 0. The van der Waals surface area contributed by atoms with Gasteiger partial charge in [0.1, 0.15) is 22.3 Å². The molecule has 0 radical (unpaired) electrons. The van der Waals surface area contributed by atoms with E-state index < -0.39 is 0 Å². The van der Waals surface area contributed by atoms with Crippen LogP contribution in [0.2, 0.25) is 0 Å². The zero-order valence-corrected chi connectivity index (χ0v) is 12.9. The van der Waals surface area contributed by atoms with Crippen molar-refractivity contribution >= 4 is 27.7 Å². The number of amides is 1. The molecule has 6 nitrogen and oxygen atoms in total. The molecule has 1 N–H and O–H groups in total. The summed E-state index contributed by atoms with van der Waals surface area (Å²) in [5, 5.41) is 3.04. The second-order valence-corrected chi connectivity index (χ2v) is 5.98. The summed E-state index contributed by atoms with van der Waals surface area (Å²) in [6.07, 6.45) is 2.16. The van der Waals surface area contributed by atoms with E-state index in [2.05, 4.69) is 31.2 Å². The van der Waals surface area contributed by atoms with Gasteiger partial charge >= 0.3 is 0 Å². The lowest BCUT2D eigenvalue weighted by Crippen LogP contribution is -2.54. The third kappa shape index (κ3) is 3.09. The Bertz CT molecular complexity index is 501. The molecule has 20 heavy (non-hydrogen) atoms. The summed E-state index contributed by atoms with van der Waals surface area (Å²) in [5.41, 5.74) is 0. The molecule has 108 valence electrons. The number of aromatic nitrogens is 2. The normalized spacial score (nSPS) is 22.7. The number of hydrogen-bond acceptors (Lipinski definition) is 5. The Morgan fingerprint density at radius 1 is 1.50 bits per heavy atom. The Kier molecular flexibility index (Phi) is 3.89. The number of carbonyl (C=O) groups is 1.